The number of H-pyrrole nitrogens is 1. The van der Waals surface area contributed by atoms with Gasteiger partial charge in [-0.05, 0) is 43.2 Å². The normalized spacial score (nSPS) is 11.2. The second-order valence-corrected chi connectivity index (χ2v) is 6.73. The van der Waals surface area contributed by atoms with Crippen LogP contribution in [0.25, 0.3) is 22.1 Å². The molecule has 0 fully saturated rings. The average Bonchev–Trinajstić information content (AvgIpc) is 3.14. The van der Waals surface area contributed by atoms with Gasteiger partial charge >= 0.3 is 0 Å². The van der Waals surface area contributed by atoms with E-state index in [1.165, 1.54) is 0 Å². The number of hydrogen-bond acceptors (Lipinski definition) is 4. The van der Waals surface area contributed by atoms with Crippen molar-refractivity contribution in [2.45, 2.75) is 33.1 Å². The fourth-order valence-corrected chi connectivity index (χ4v) is 3.36. The highest BCUT2D eigenvalue weighted by atomic mass is 16.1. The maximum atomic E-state index is 12.5. The van der Waals surface area contributed by atoms with E-state index >= 15 is 0 Å². The molecule has 2 N–H and O–H groups in total. The first-order chi connectivity index (χ1) is 13.7. The minimum atomic E-state index is -0.113. The fourth-order valence-electron chi connectivity index (χ4n) is 3.36. The highest BCUT2D eigenvalue weighted by Gasteiger charge is 2.11. The van der Waals surface area contributed by atoms with E-state index in [0.717, 1.165) is 52.1 Å². The molecule has 4 aromatic rings. The SMILES string of the molecule is CCc1nc2ccc(C(=O)NCCc3nc4ccccc4[nH]3)cc2nc1CC. The summed E-state index contributed by atoms with van der Waals surface area (Å²) in [7, 11) is 0. The van der Waals surface area contributed by atoms with Gasteiger partial charge in [0.1, 0.15) is 5.82 Å². The van der Waals surface area contributed by atoms with E-state index in [9.17, 15) is 4.79 Å². The van der Waals surface area contributed by atoms with Crippen LogP contribution in [0, 0.1) is 0 Å². The predicted molar refractivity (Wildman–Crippen MR) is 110 cm³/mol. The predicted octanol–water partition coefficient (Wildman–Crippen LogP) is 3.60. The van der Waals surface area contributed by atoms with Crippen LogP contribution >= 0.6 is 0 Å². The van der Waals surface area contributed by atoms with Crippen LogP contribution in [0.4, 0.5) is 0 Å². The third-order valence-electron chi connectivity index (χ3n) is 4.84. The van der Waals surface area contributed by atoms with E-state index in [-0.39, 0.29) is 5.91 Å². The summed E-state index contributed by atoms with van der Waals surface area (Å²) in [6.45, 7) is 4.67. The Hall–Kier alpha value is -3.28. The molecule has 2 aromatic heterocycles. The quantitative estimate of drug-likeness (QED) is 0.541. The lowest BCUT2D eigenvalue weighted by Gasteiger charge is -2.08. The number of nitrogens with zero attached hydrogens (tertiary/aromatic N) is 3. The van der Waals surface area contributed by atoms with Crippen molar-refractivity contribution in [3.8, 4) is 0 Å². The summed E-state index contributed by atoms with van der Waals surface area (Å²) in [6, 6.07) is 13.4. The van der Waals surface area contributed by atoms with E-state index in [1.807, 2.05) is 36.4 Å². The molecule has 0 aliphatic rings. The molecule has 0 aliphatic carbocycles. The Morgan fingerprint density at radius 1 is 0.929 bits per heavy atom. The van der Waals surface area contributed by atoms with Gasteiger partial charge in [-0.1, -0.05) is 26.0 Å². The standard InChI is InChI=1S/C22H23N5O/c1-3-15-16(4-2)25-20-13-14(9-10-19(20)24-15)22(28)23-12-11-21-26-17-7-5-6-8-18(17)27-21/h5-10,13H,3-4,11-12H2,1-2H3,(H,23,28)(H,26,27). The molecule has 0 saturated heterocycles. The Kier molecular flexibility index (Phi) is 5.02. The van der Waals surface area contributed by atoms with Crippen molar-refractivity contribution in [2.24, 2.45) is 0 Å². The summed E-state index contributed by atoms with van der Waals surface area (Å²) in [5, 5.41) is 2.96. The lowest BCUT2D eigenvalue weighted by atomic mass is 10.1. The van der Waals surface area contributed by atoms with Crippen molar-refractivity contribution in [3.63, 3.8) is 0 Å². The maximum absolute atomic E-state index is 12.5. The summed E-state index contributed by atoms with van der Waals surface area (Å²) >= 11 is 0. The number of aromatic amines is 1. The first-order valence-corrected chi connectivity index (χ1v) is 9.69. The van der Waals surface area contributed by atoms with Crippen LogP contribution in [0.15, 0.2) is 42.5 Å². The summed E-state index contributed by atoms with van der Waals surface area (Å²) in [5.74, 6) is 0.753. The number of rotatable bonds is 6. The zero-order valence-electron chi connectivity index (χ0n) is 16.1. The molecule has 0 spiro atoms. The van der Waals surface area contributed by atoms with Crippen LogP contribution in [-0.2, 0) is 19.3 Å². The molecule has 142 valence electrons. The smallest absolute Gasteiger partial charge is 0.251 e. The molecule has 0 saturated carbocycles. The first-order valence-electron chi connectivity index (χ1n) is 9.69. The number of imidazole rings is 1. The zero-order valence-corrected chi connectivity index (χ0v) is 16.1. The largest absolute Gasteiger partial charge is 0.352 e. The number of carbonyl (C=O) groups excluding carboxylic acids is 1. The van der Waals surface area contributed by atoms with Crippen molar-refractivity contribution in [1.29, 1.82) is 0 Å². The molecule has 0 unspecified atom stereocenters. The molecular weight excluding hydrogens is 350 g/mol. The Bertz CT molecular complexity index is 1120. The second kappa shape index (κ2) is 7.76. The van der Waals surface area contributed by atoms with E-state index < -0.39 is 0 Å². The van der Waals surface area contributed by atoms with E-state index in [1.54, 1.807) is 6.07 Å². The van der Waals surface area contributed by atoms with Gasteiger partial charge in [-0.15, -0.1) is 0 Å². The van der Waals surface area contributed by atoms with Gasteiger partial charge in [-0.25, -0.2) is 15.0 Å². The van der Waals surface area contributed by atoms with Crippen molar-refractivity contribution >= 4 is 28.0 Å². The number of aromatic nitrogens is 4. The van der Waals surface area contributed by atoms with Crippen molar-refractivity contribution in [1.82, 2.24) is 25.3 Å². The van der Waals surface area contributed by atoms with Gasteiger partial charge in [-0.2, -0.15) is 0 Å². The van der Waals surface area contributed by atoms with Gasteiger partial charge in [0.15, 0.2) is 0 Å². The Morgan fingerprint density at radius 2 is 1.68 bits per heavy atom. The maximum Gasteiger partial charge on any atom is 0.251 e. The summed E-state index contributed by atoms with van der Waals surface area (Å²) in [4.78, 5) is 29.7. The van der Waals surface area contributed by atoms with Crippen molar-refractivity contribution < 1.29 is 4.79 Å². The third kappa shape index (κ3) is 3.58. The number of fused-ring (bicyclic) bond motifs is 2. The second-order valence-electron chi connectivity index (χ2n) is 6.73. The van der Waals surface area contributed by atoms with Gasteiger partial charge in [0, 0.05) is 18.5 Å². The highest BCUT2D eigenvalue weighted by molar-refractivity contribution is 5.97. The van der Waals surface area contributed by atoms with Crippen LogP contribution < -0.4 is 5.32 Å². The minimum Gasteiger partial charge on any atom is -0.352 e. The molecule has 4 rings (SSSR count). The van der Waals surface area contributed by atoms with Gasteiger partial charge in [0.25, 0.3) is 5.91 Å². The number of benzene rings is 2. The number of para-hydroxylation sites is 2. The topological polar surface area (TPSA) is 83.6 Å². The fraction of sp³-hybridized carbons (Fsp3) is 0.273. The summed E-state index contributed by atoms with van der Waals surface area (Å²) < 4.78 is 0. The van der Waals surface area contributed by atoms with Gasteiger partial charge < -0.3 is 10.3 Å². The number of aryl methyl sites for hydroxylation is 2. The number of amides is 1. The van der Waals surface area contributed by atoms with Crippen molar-refractivity contribution in [3.05, 3.63) is 65.2 Å². The van der Waals surface area contributed by atoms with Crippen LogP contribution in [0.5, 0.6) is 0 Å². The zero-order chi connectivity index (χ0) is 19.5. The third-order valence-corrected chi connectivity index (χ3v) is 4.84. The number of carbonyl (C=O) groups is 1. The molecule has 6 nitrogen and oxygen atoms in total. The molecule has 0 atom stereocenters. The Labute approximate surface area is 163 Å². The average molecular weight is 373 g/mol. The van der Waals surface area contributed by atoms with Crippen LogP contribution in [0.1, 0.15) is 41.4 Å². The lowest BCUT2D eigenvalue weighted by Crippen LogP contribution is -2.26. The van der Waals surface area contributed by atoms with Crippen molar-refractivity contribution in [2.75, 3.05) is 6.54 Å². The molecule has 0 radical (unpaired) electrons. The van der Waals surface area contributed by atoms with Gasteiger partial charge in [0.05, 0.1) is 33.5 Å². The number of hydrogen-bond donors (Lipinski definition) is 2. The molecule has 2 heterocycles. The first kappa shape index (κ1) is 18.1. The van der Waals surface area contributed by atoms with E-state index in [2.05, 4.69) is 34.1 Å². The Balaban J connectivity index is 1.45. The molecule has 2 aromatic carbocycles. The molecule has 28 heavy (non-hydrogen) atoms. The van der Waals surface area contributed by atoms with E-state index in [0.29, 0.717) is 18.5 Å². The molecule has 0 aliphatic heterocycles. The lowest BCUT2D eigenvalue weighted by molar-refractivity contribution is 0.0954. The summed E-state index contributed by atoms with van der Waals surface area (Å²) in [6.07, 6.45) is 2.34. The minimum absolute atomic E-state index is 0.113. The molecule has 1 amide bonds. The van der Waals surface area contributed by atoms with Crippen LogP contribution in [0.3, 0.4) is 0 Å². The number of nitrogens with one attached hydrogen (secondary N) is 2. The van der Waals surface area contributed by atoms with Gasteiger partial charge in [0.2, 0.25) is 0 Å². The molecule has 6 heteroatoms. The van der Waals surface area contributed by atoms with E-state index in [4.69, 9.17) is 4.98 Å². The Morgan fingerprint density at radius 3 is 2.43 bits per heavy atom. The van der Waals surface area contributed by atoms with Gasteiger partial charge in [-0.3, -0.25) is 4.79 Å². The summed E-state index contributed by atoms with van der Waals surface area (Å²) in [5.41, 5.74) is 6.16. The highest BCUT2D eigenvalue weighted by Crippen LogP contribution is 2.16. The molecule has 0 bridgehead atoms. The molecular formula is C22H23N5O. The van der Waals surface area contributed by atoms with Crippen LogP contribution in [-0.4, -0.2) is 32.4 Å². The monoisotopic (exact) mass is 373 g/mol. The van der Waals surface area contributed by atoms with Crippen LogP contribution in [0.2, 0.25) is 0 Å².